The topological polar surface area (TPSA) is 67.9 Å². The highest BCUT2D eigenvalue weighted by atomic mass is 16.5. The standard InChI is InChI=1S/C9H9N3O2/c1-2-14-9(13)8-11-4-6-3-10-5-7(6)12-8/h3-5H,2H2,1H3,(H,11,12). The third kappa shape index (κ3) is 1.44. The zero-order chi connectivity index (χ0) is 9.97. The van der Waals surface area contributed by atoms with Crippen molar-refractivity contribution < 1.29 is 9.53 Å². The second-order valence-electron chi connectivity index (χ2n) is 2.73. The van der Waals surface area contributed by atoms with E-state index in [-0.39, 0.29) is 5.82 Å². The number of ether oxygens (including phenoxy) is 1. The largest absolute Gasteiger partial charge is 0.460 e. The number of nitrogens with zero attached hydrogens (tertiary/aromatic N) is 2. The average Bonchev–Trinajstić information content (AvgIpc) is 2.64. The lowest BCUT2D eigenvalue weighted by molar-refractivity contribution is 0.0512. The molecule has 0 aliphatic carbocycles. The van der Waals surface area contributed by atoms with Gasteiger partial charge in [-0.3, -0.25) is 4.98 Å². The molecule has 0 atom stereocenters. The smallest absolute Gasteiger partial charge is 0.374 e. The van der Waals surface area contributed by atoms with Gasteiger partial charge >= 0.3 is 5.97 Å². The molecule has 2 aliphatic rings. The molecule has 0 fully saturated rings. The minimum Gasteiger partial charge on any atom is -0.460 e. The quantitative estimate of drug-likeness (QED) is 0.721. The molecule has 0 amide bonds. The predicted octanol–water partition coefficient (Wildman–Crippen LogP) is 1.09. The maximum atomic E-state index is 11.3. The summed E-state index contributed by atoms with van der Waals surface area (Å²) in [5.41, 5.74) is 1.65. The van der Waals surface area contributed by atoms with Crippen molar-refractivity contribution >= 4 is 5.97 Å². The minimum atomic E-state index is -0.449. The van der Waals surface area contributed by atoms with Crippen LogP contribution >= 0.6 is 0 Å². The van der Waals surface area contributed by atoms with Gasteiger partial charge in [-0.05, 0) is 6.92 Å². The van der Waals surface area contributed by atoms with Crippen LogP contribution in [0.3, 0.4) is 0 Å². The number of rotatable bonds is 2. The van der Waals surface area contributed by atoms with Gasteiger partial charge in [0.15, 0.2) is 0 Å². The first-order valence-electron chi connectivity index (χ1n) is 4.27. The summed E-state index contributed by atoms with van der Waals surface area (Å²) in [6.07, 6.45) is 4.90. The predicted molar refractivity (Wildman–Crippen MR) is 49.0 cm³/mol. The van der Waals surface area contributed by atoms with E-state index in [1.54, 1.807) is 25.5 Å². The van der Waals surface area contributed by atoms with Crippen molar-refractivity contribution in [1.82, 2.24) is 15.0 Å². The molecule has 5 heteroatoms. The molecule has 0 saturated heterocycles. The van der Waals surface area contributed by atoms with Gasteiger partial charge in [0, 0.05) is 18.0 Å². The second-order valence-corrected chi connectivity index (χ2v) is 2.73. The summed E-state index contributed by atoms with van der Waals surface area (Å²) >= 11 is 0. The number of H-pyrrole nitrogens is 1. The Balaban J connectivity index is 2.35. The molecule has 0 spiro atoms. The van der Waals surface area contributed by atoms with E-state index in [1.807, 2.05) is 0 Å². The van der Waals surface area contributed by atoms with Gasteiger partial charge in [-0.25, -0.2) is 9.78 Å². The highest BCUT2D eigenvalue weighted by molar-refractivity contribution is 5.86. The Hall–Kier alpha value is -1.91. The maximum absolute atomic E-state index is 11.3. The van der Waals surface area contributed by atoms with Crippen LogP contribution in [0.5, 0.6) is 0 Å². The van der Waals surface area contributed by atoms with Crippen LogP contribution in [-0.4, -0.2) is 27.5 Å². The molecule has 5 nitrogen and oxygen atoms in total. The molecule has 1 N–H and O–H groups in total. The van der Waals surface area contributed by atoms with Gasteiger partial charge in [0.25, 0.3) is 0 Å². The number of nitrogens with one attached hydrogen (secondary N) is 1. The van der Waals surface area contributed by atoms with E-state index < -0.39 is 5.97 Å². The molecule has 0 aromatic rings. The van der Waals surface area contributed by atoms with Crippen LogP contribution in [0.2, 0.25) is 0 Å². The van der Waals surface area contributed by atoms with Gasteiger partial charge in [-0.1, -0.05) is 0 Å². The van der Waals surface area contributed by atoms with Crippen LogP contribution in [0.15, 0.2) is 18.6 Å². The molecule has 0 bridgehead atoms. The molecule has 0 aromatic heterocycles. The number of esters is 1. The van der Waals surface area contributed by atoms with E-state index in [1.165, 1.54) is 0 Å². The van der Waals surface area contributed by atoms with Crippen molar-refractivity contribution in [3.63, 3.8) is 0 Å². The summed E-state index contributed by atoms with van der Waals surface area (Å²) < 4.78 is 4.80. The second kappa shape index (κ2) is 3.45. The lowest BCUT2D eigenvalue weighted by Crippen LogP contribution is -2.09. The first-order chi connectivity index (χ1) is 6.81. The Bertz CT molecular complexity index is 424. The van der Waals surface area contributed by atoms with E-state index in [9.17, 15) is 4.79 Å². The first-order valence-corrected chi connectivity index (χ1v) is 4.27. The number of carbonyl (C=O) groups excluding carboxylic acids is 1. The van der Waals surface area contributed by atoms with Crippen molar-refractivity contribution in [3.05, 3.63) is 24.4 Å². The van der Waals surface area contributed by atoms with Gasteiger partial charge in [0.05, 0.1) is 18.5 Å². The number of fused-ring (bicyclic) bond motifs is 1. The summed E-state index contributed by atoms with van der Waals surface area (Å²) in [7, 11) is 0. The molecule has 2 aliphatic heterocycles. The van der Waals surface area contributed by atoms with Crippen LogP contribution in [0.1, 0.15) is 17.5 Å². The summed E-state index contributed by atoms with van der Waals surface area (Å²) in [6, 6.07) is 0. The van der Waals surface area contributed by atoms with Crippen molar-refractivity contribution in [1.29, 1.82) is 0 Å². The van der Waals surface area contributed by atoms with E-state index in [4.69, 9.17) is 4.74 Å². The third-order valence-corrected chi connectivity index (χ3v) is 1.78. The van der Waals surface area contributed by atoms with Crippen LogP contribution in [0, 0.1) is 0 Å². The zero-order valence-electron chi connectivity index (χ0n) is 7.65. The highest BCUT2D eigenvalue weighted by Crippen LogP contribution is 2.16. The lowest BCUT2D eigenvalue weighted by Gasteiger charge is -2.03. The fourth-order valence-electron chi connectivity index (χ4n) is 1.14. The van der Waals surface area contributed by atoms with Crippen molar-refractivity contribution in [2.24, 2.45) is 0 Å². The molecule has 2 heterocycles. The van der Waals surface area contributed by atoms with E-state index >= 15 is 0 Å². The van der Waals surface area contributed by atoms with Crippen LogP contribution in [-0.2, 0) is 4.74 Å². The third-order valence-electron chi connectivity index (χ3n) is 1.78. The molecule has 0 unspecified atom stereocenters. The van der Waals surface area contributed by atoms with Gasteiger partial charge in [0.1, 0.15) is 0 Å². The average molecular weight is 191 g/mol. The monoisotopic (exact) mass is 191 g/mol. The Morgan fingerprint density at radius 2 is 2.36 bits per heavy atom. The summed E-state index contributed by atoms with van der Waals surface area (Å²) in [4.78, 5) is 22.0. The molecule has 72 valence electrons. The molecule has 0 aromatic carbocycles. The fraction of sp³-hybridized carbons (Fsp3) is 0.222. The summed E-state index contributed by atoms with van der Waals surface area (Å²) in [5.74, 6) is -0.247. The van der Waals surface area contributed by atoms with Crippen molar-refractivity contribution in [2.45, 2.75) is 6.92 Å². The van der Waals surface area contributed by atoms with Crippen molar-refractivity contribution in [3.8, 4) is 11.3 Å². The Morgan fingerprint density at radius 3 is 3.14 bits per heavy atom. The molecule has 2 rings (SSSR count). The molecular formula is C9H9N3O2. The molecule has 14 heavy (non-hydrogen) atoms. The highest BCUT2D eigenvalue weighted by Gasteiger charge is 2.12. The summed E-state index contributed by atoms with van der Waals surface area (Å²) in [6.45, 7) is 2.09. The number of hydrogen-bond acceptors (Lipinski definition) is 4. The lowest BCUT2D eigenvalue weighted by atomic mass is 10.3. The van der Waals surface area contributed by atoms with Crippen LogP contribution < -0.4 is 0 Å². The van der Waals surface area contributed by atoms with E-state index in [0.29, 0.717) is 6.61 Å². The molecule has 0 saturated carbocycles. The Kier molecular flexibility index (Phi) is 2.14. The van der Waals surface area contributed by atoms with E-state index in [2.05, 4.69) is 15.0 Å². The van der Waals surface area contributed by atoms with Gasteiger partial charge in [-0.2, -0.15) is 0 Å². The molecule has 0 radical (unpaired) electrons. The number of hydrogen-bond donors (Lipinski definition) is 1. The van der Waals surface area contributed by atoms with Crippen LogP contribution in [0.4, 0.5) is 0 Å². The first kappa shape index (κ1) is 8.68. The minimum absolute atomic E-state index is 0.201. The van der Waals surface area contributed by atoms with Gasteiger partial charge < -0.3 is 9.72 Å². The fourth-order valence-corrected chi connectivity index (χ4v) is 1.14. The number of aromatic nitrogens is 3. The van der Waals surface area contributed by atoms with Gasteiger partial charge in [-0.15, -0.1) is 0 Å². The Labute approximate surface area is 80.5 Å². The van der Waals surface area contributed by atoms with Gasteiger partial charge in [0.2, 0.25) is 5.82 Å². The van der Waals surface area contributed by atoms with Crippen LogP contribution in [0.25, 0.3) is 11.3 Å². The van der Waals surface area contributed by atoms with Crippen molar-refractivity contribution in [2.75, 3.05) is 6.61 Å². The normalized spacial score (nSPS) is 10.4. The number of aromatic amines is 1. The zero-order valence-corrected chi connectivity index (χ0v) is 7.65. The Morgan fingerprint density at radius 1 is 1.50 bits per heavy atom. The maximum Gasteiger partial charge on any atom is 0.374 e. The molecular weight excluding hydrogens is 182 g/mol. The SMILES string of the molecule is CCOC(=O)c1ncc2cncc-2[nH]1. The number of carbonyl (C=O) groups is 1. The summed E-state index contributed by atoms with van der Waals surface area (Å²) in [5, 5.41) is 0. The van der Waals surface area contributed by atoms with E-state index in [0.717, 1.165) is 11.3 Å².